The van der Waals surface area contributed by atoms with Crippen molar-refractivity contribution < 1.29 is 4.74 Å². The molecule has 1 fully saturated rings. The monoisotopic (exact) mass is 276 g/mol. The van der Waals surface area contributed by atoms with Gasteiger partial charge in [-0.2, -0.15) is 0 Å². The van der Waals surface area contributed by atoms with E-state index in [1.807, 2.05) is 0 Å². The zero-order valence-corrected chi connectivity index (χ0v) is 12.9. The van der Waals surface area contributed by atoms with Crippen LogP contribution in [-0.4, -0.2) is 44.2 Å². The van der Waals surface area contributed by atoms with Gasteiger partial charge in [0.05, 0.1) is 12.7 Å². The van der Waals surface area contributed by atoms with Gasteiger partial charge in [-0.25, -0.2) is 0 Å². The average Bonchev–Trinajstić information content (AvgIpc) is 2.48. The van der Waals surface area contributed by atoms with Crippen molar-refractivity contribution in [3.05, 3.63) is 35.4 Å². The first-order valence-corrected chi connectivity index (χ1v) is 7.87. The number of ether oxygens (including phenoxy) is 1. The SMILES string of the molecule is CCNCCc1ccccc1COC1CCN(C)CC1. The number of hydrogen-bond acceptors (Lipinski definition) is 3. The summed E-state index contributed by atoms with van der Waals surface area (Å²) in [5, 5.41) is 3.39. The summed E-state index contributed by atoms with van der Waals surface area (Å²) in [7, 11) is 2.19. The Morgan fingerprint density at radius 1 is 1.20 bits per heavy atom. The number of likely N-dealkylation sites (N-methyl/N-ethyl adjacent to an activating group) is 1. The highest BCUT2D eigenvalue weighted by Gasteiger charge is 2.17. The quantitative estimate of drug-likeness (QED) is 0.774. The highest BCUT2D eigenvalue weighted by molar-refractivity contribution is 5.26. The van der Waals surface area contributed by atoms with E-state index < -0.39 is 0 Å². The maximum absolute atomic E-state index is 6.12. The molecule has 0 saturated carbocycles. The summed E-state index contributed by atoms with van der Waals surface area (Å²) in [6.07, 6.45) is 3.85. The van der Waals surface area contributed by atoms with Crippen molar-refractivity contribution in [2.45, 2.75) is 38.9 Å². The molecule has 0 unspecified atom stereocenters. The summed E-state index contributed by atoms with van der Waals surface area (Å²) in [6.45, 7) is 7.31. The van der Waals surface area contributed by atoms with Gasteiger partial charge in [-0.05, 0) is 50.5 Å². The second-order valence-electron chi connectivity index (χ2n) is 5.69. The molecule has 1 aromatic rings. The van der Waals surface area contributed by atoms with Crippen molar-refractivity contribution in [3.63, 3.8) is 0 Å². The zero-order valence-electron chi connectivity index (χ0n) is 12.9. The molecule has 20 heavy (non-hydrogen) atoms. The molecular weight excluding hydrogens is 248 g/mol. The Kier molecular flexibility index (Phi) is 6.51. The van der Waals surface area contributed by atoms with Gasteiger partial charge in [0.25, 0.3) is 0 Å². The van der Waals surface area contributed by atoms with Crippen LogP contribution in [-0.2, 0) is 17.8 Å². The molecule has 0 bridgehead atoms. The van der Waals surface area contributed by atoms with Gasteiger partial charge in [0.2, 0.25) is 0 Å². The number of piperidine rings is 1. The molecule has 0 amide bonds. The lowest BCUT2D eigenvalue weighted by Crippen LogP contribution is -2.34. The van der Waals surface area contributed by atoms with Crippen molar-refractivity contribution in [1.82, 2.24) is 10.2 Å². The molecule has 3 heteroatoms. The molecule has 1 saturated heterocycles. The van der Waals surface area contributed by atoms with Crippen LogP contribution in [0.5, 0.6) is 0 Å². The standard InChI is InChI=1S/C17H28N2O/c1-3-18-11-8-15-6-4-5-7-16(15)14-20-17-9-12-19(2)13-10-17/h4-7,17-18H,3,8-14H2,1-2H3. The van der Waals surface area contributed by atoms with E-state index in [9.17, 15) is 0 Å². The Bertz CT molecular complexity index is 386. The summed E-state index contributed by atoms with van der Waals surface area (Å²) in [6, 6.07) is 8.67. The highest BCUT2D eigenvalue weighted by atomic mass is 16.5. The van der Waals surface area contributed by atoms with Crippen LogP contribution in [0.25, 0.3) is 0 Å². The first-order chi connectivity index (χ1) is 9.79. The summed E-state index contributed by atoms with van der Waals surface area (Å²) < 4.78 is 6.12. The number of rotatable bonds is 7. The van der Waals surface area contributed by atoms with Gasteiger partial charge in [0.1, 0.15) is 0 Å². The second kappa shape index (κ2) is 8.40. The minimum absolute atomic E-state index is 0.438. The molecule has 112 valence electrons. The van der Waals surface area contributed by atoms with Crippen molar-refractivity contribution in [3.8, 4) is 0 Å². The molecule has 0 aromatic heterocycles. The van der Waals surface area contributed by atoms with Crippen molar-refractivity contribution in [2.24, 2.45) is 0 Å². The Hall–Kier alpha value is -0.900. The smallest absolute Gasteiger partial charge is 0.0723 e. The molecule has 0 aliphatic carbocycles. The van der Waals surface area contributed by atoms with Crippen molar-refractivity contribution in [1.29, 1.82) is 0 Å². The van der Waals surface area contributed by atoms with E-state index in [0.717, 1.165) is 52.0 Å². The number of likely N-dealkylation sites (tertiary alicyclic amines) is 1. The van der Waals surface area contributed by atoms with Gasteiger partial charge >= 0.3 is 0 Å². The summed E-state index contributed by atoms with van der Waals surface area (Å²) >= 11 is 0. The summed E-state index contributed by atoms with van der Waals surface area (Å²) in [5.41, 5.74) is 2.77. The van der Waals surface area contributed by atoms with Crippen LogP contribution in [0.4, 0.5) is 0 Å². The minimum atomic E-state index is 0.438. The van der Waals surface area contributed by atoms with Crippen LogP contribution in [0, 0.1) is 0 Å². The molecule has 1 aromatic carbocycles. The lowest BCUT2D eigenvalue weighted by Gasteiger charge is -2.29. The lowest BCUT2D eigenvalue weighted by atomic mass is 10.0. The Balaban J connectivity index is 1.82. The van der Waals surface area contributed by atoms with Gasteiger partial charge in [-0.3, -0.25) is 0 Å². The van der Waals surface area contributed by atoms with Gasteiger partial charge in [-0.1, -0.05) is 31.2 Å². The first-order valence-electron chi connectivity index (χ1n) is 7.87. The van der Waals surface area contributed by atoms with E-state index >= 15 is 0 Å². The van der Waals surface area contributed by atoms with E-state index in [0.29, 0.717) is 6.10 Å². The fourth-order valence-corrected chi connectivity index (χ4v) is 2.70. The number of nitrogens with zero attached hydrogens (tertiary/aromatic N) is 1. The van der Waals surface area contributed by atoms with Crippen molar-refractivity contribution >= 4 is 0 Å². The summed E-state index contributed by atoms with van der Waals surface area (Å²) in [4.78, 5) is 2.38. The predicted octanol–water partition coefficient (Wildman–Crippen LogP) is 2.45. The third-order valence-electron chi connectivity index (χ3n) is 4.08. The Morgan fingerprint density at radius 3 is 2.60 bits per heavy atom. The fraction of sp³-hybridized carbons (Fsp3) is 0.647. The first kappa shape index (κ1) is 15.5. The van der Waals surface area contributed by atoms with Gasteiger partial charge in [0.15, 0.2) is 0 Å². The minimum Gasteiger partial charge on any atom is -0.373 e. The molecular formula is C17H28N2O. The van der Waals surface area contributed by atoms with Gasteiger partial charge < -0.3 is 15.0 Å². The third-order valence-corrected chi connectivity index (χ3v) is 4.08. The Morgan fingerprint density at radius 2 is 1.90 bits per heavy atom. The van der Waals surface area contributed by atoms with Crippen molar-refractivity contribution in [2.75, 3.05) is 33.2 Å². The van der Waals surface area contributed by atoms with Crippen LogP contribution < -0.4 is 5.32 Å². The topological polar surface area (TPSA) is 24.5 Å². The summed E-state index contributed by atoms with van der Waals surface area (Å²) in [5.74, 6) is 0. The van der Waals surface area contributed by atoms with Crippen LogP contribution in [0.3, 0.4) is 0 Å². The third kappa shape index (κ3) is 4.89. The van der Waals surface area contributed by atoms with Crippen LogP contribution in [0.2, 0.25) is 0 Å². The zero-order chi connectivity index (χ0) is 14.2. The molecule has 1 heterocycles. The molecule has 1 aliphatic heterocycles. The number of hydrogen-bond donors (Lipinski definition) is 1. The number of benzene rings is 1. The van der Waals surface area contributed by atoms with E-state index in [1.165, 1.54) is 11.1 Å². The average molecular weight is 276 g/mol. The molecule has 0 atom stereocenters. The normalized spacial score (nSPS) is 17.5. The van der Waals surface area contributed by atoms with Crippen LogP contribution >= 0.6 is 0 Å². The largest absolute Gasteiger partial charge is 0.373 e. The highest BCUT2D eigenvalue weighted by Crippen LogP contribution is 2.16. The van der Waals surface area contributed by atoms with Gasteiger partial charge in [-0.15, -0.1) is 0 Å². The predicted molar refractivity (Wildman–Crippen MR) is 84.0 cm³/mol. The van der Waals surface area contributed by atoms with E-state index in [-0.39, 0.29) is 0 Å². The van der Waals surface area contributed by atoms with E-state index in [1.54, 1.807) is 0 Å². The fourth-order valence-electron chi connectivity index (χ4n) is 2.70. The lowest BCUT2D eigenvalue weighted by molar-refractivity contribution is 0.00187. The molecule has 1 aliphatic rings. The van der Waals surface area contributed by atoms with Gasteiger partial charge in [0, 0.05) is 13.1 Å². The maximum atomic E-state index is 6.12. The van der Waals surface area contributed by atoms with Crippen LogP contribution in [0.1, 0.15) is 30.9 Å². The molecule has 2 rings (SSSR count). The molecule has 0 radical (unpaired) electrons. The van der Waals surface area contributed by atoms with Crippen LogP contribution in [0.15, 0.2) is 24.3 Å². The van der Waals surface area contributed by atoms with E-state index in [4.69, 9.17) is 4.74 Å². The number of nitrogens with one attached hydrogen (secondary N) is 1. The second-order valence-corrected chi connectivity index (χ2v) is 5.69. The maximum Gasteiger partial charge on any atom is 0.0723 e. The Labute approximate surface area is 123 Å². The molecule has 0 spiro atoms. The molecule has 1 N–H and O–H groups in total. The molecule has 3 nitrogen and oxygen atoms in total. The van der Waals surface area contributed by atoms with E-state index in [2.05, 4.69) is 48.5 Å².